The van der Waals surface area contributed by atoms with Crippen LogP contribution in [0.3, 0.4) is 0 Å². The van der Waals surface area contributed by atoms with Gasteiger partial charge in [0.25, 0.3) is 0 Å². The first-order chi connectivity index (χ1) is 9.65. The molecule has 0 spiro atoms. The molecule has 1 fully saturated rings. The Hall–Kier alpha value is -2.63. The number of oxazole rings is 1. The Morgan fingerprint density at radius 3 is 2.65 bits per heavy atom. The Kier molecular flexibility index (Phi) is 2.98. The minimum absolute atomic E-state index is 0.0822. The summed E-state index contributed by atoms with van der Waals surface area (Å²) in [7, 11) is 0. The van der Waals surface area contributed by atoms with Crippen molar-refractivity contribution >= 4 is 17.5 Å². The van der Waals surface area contributed by atoms with Crippen molar-refractivity contribution in [1.29, 1.82) is 0 Å². The Bertz CT molecular complexity index is 634. The molecular weight excluding hydrogens is 258 g/mol. The summed E-state index contributed by atoms with van der Waals surface area (Å²) in [6.07, 6.45) is 3.17. The monoisotopic (exact) mass is 271 g/mol. The number of rotatable bonds is 3. The molecule has 1 aromatic carbocycles. The fourth-order valence-corrected chi connectivity index (χ4v) is 2.31. The van der Waals surface area contributed by atoms with E-state index in [1.807, 2.05) is 24.3 Å². The summed E-state index contributed by atoms with van der Waals surface area (Å²) in [6, 6.07) is 7.33. The van der Waals surface area contributed by atoms with Crippen LogP contribution in [0.2, 0.25) is 0 Å². The number of primary amides is 1. The molecule has 0 radical (unpaired) electrons. The van der Waals surface area contributed by atoms with E-state index in [-0.39, 0.29) is 12.3 Å². The number of hydrogen-bond acceptors (Lipinski definition) is 4. The van der Waals surface area contributed by atoms with Crippen LogP contribution in [0.4, 0.5) is 5.69 Å². The number of nitrogens with two attached hydrogens (primary N) is 1. The summed E-state index contributed by atoms with van der Waals surface area (Å²) in [5.74, 6) is -0.254. The molecule has 102 valence electrons. The topological polar surface area (TPSA) is 89.4 Å². The number of benzene rings is 1. The molecular formula is C14H13N3O3. The van der Waals surface area contributed by atoms with Gasteiger partial charge in [-0.25, -0.2) is 4.98 Å². The van der Waals surface area contributed by atoms with Crippen LogP contribution in [-0.4, -0.2) is 23.3 Å². The molecule has 0 bridgehead atoms. The van der Waals surface area contributed by atoms with Crippen molar-refractivity contribution in [3.8, 4) is 11.3 Å². The van der Waals surface area contributed by atoms with Crippen LogP contribution in [0.25, 0.3) is 11.3 Å². The molecule has 0 saturated carbocycles. The molecule has 1 saturated heterocycles. The summed E-state index contributed by atoms with van der Waals surface area (Å²) in [5.41, 5.74) is 6.88. The highest BCUT2D eigenvalue weighted by atomic mass is 16.3. The van der Waals surface area contributed by atoms with Gasteiger partial charge >= 0.3 is 0 Å². The first-order valence-electron chi connectivity index (χ1n) is 6.24. The van der Waals surface area contributed by atoms with Gasteiger partial charge in [0, 0.05) is 24.2 Å². The van der Waals surface area contributed by atoms with E-state index in [0.29, 0.717) is 12.3 Å². The molecule has 6 heteroatoms. The van der Waals surface area contributed by atoms with Gasteiger partial charge in [0.1, 0.15) is 0 Å². The number of amides is 2. The average Bonchev–Trinajstić information content (AvgIpc) is 3.08. The molecule has 2 heterocycles. The molecule has 3 rings (SSSR count). The number of carbonyl (C=O) groups is 2. The van der Waals surface area contributed by atoms with Gasteiger partial charge < -0.3 is 15.1 Å². The lowest BCUT2D eigenvalue weighted by molar-refractivity contribution is -0.123. The maximum absolute atomic E-state index is 11.9. The highest BCUT2D eigenvalue weighted by molar-refractivity contribution is 6.00. The third kappa shape index (κ3) is 2.16. The maximum Gasteiger partial charge on any atom is 0.227 e. The highest BCUT2D eigenvalue weighted by Gasteiger charge is 2.33. The number of carbonyl (C=O) groups excluding carboxylic acids is 2. The molecule has 1 aliphatic heterocycles. The van der Waals surface area contributed by atoms with Gasteiger partial charge in [0.15, 0.2) is 12.2 Å². The van der Waals surface area contributed by atoms with E-state index in [1.54, 1.807) is 11.1 Å². The van der Waals surface area contributed by atoms with E-state index in [0.717, 1.165) is 11.3 Å². The van der Waals surface area contributed by atoms with E-state index in [4.69, 9.17) is 10.2 Å². The maximum atomic E-state index is 11.9. The summed E-state index contributed by atoms with van der Waals surface area (Å²) in [6.45, 7) is 0.343. The first-order valence-corrected chi connectivity index (χ1v) is 6.24. The van der Waals surface area contributed by atoms with Crippen molar-refractivity contribution in [3.05, 3.63) is 36.9 Å². The highest BCUT2D eigenvalue weighted by Crippen LogP contribution is 2.27. The zero-order valence-electron chi connectivity index (χ0n) is 10.7. The van der Waals surface area contributed by atoms with Crippen molar-refractivity contribution < 1.29 is 14.0 Å². The quantitative estimate of drug-likeness (QED) is 0.907. The van der Waals surface area contributed by atoms with Gasteiger partial charge in [0.05, 0.1) is 12.1 Å². The van der Waals surface area contributed by atoms with Crippen LogP contribution in [-0.2, 0) is 9.59 Å². The molecule has 1 atom stereocenters. The lowest BCUT2D eigenvalue weighted by Gasteiger charge is -2.16. The van der Waals surface area contributed by atoms with E-state index >= 15 is 0 Å². The molecule has 6 nitrogen and oxygen atoms in total. The molecule has 0 aliphatic carbocycles. The van der Waals surface area contributed by atoms with E-state index in [1.165, 1.54) is 6.39 Å². The number of aromatic nitrogens is 1. The smallest absolute Gasteiger partial charge is 0.227 e. The van der Waals surface area contributed by atoms with Crippen LogP contribution in [0.1, 0.15) is 6.42 Å². The van der Waals surface area contributed by atoms with Gasteiger partial charge in [-0.05, 0) is 24.3 Å². The molecule has 2 amide bonds. The van der Waals surface area contributed by atoms with E-state index in [2.05, 4.69) is 4.98 Å². The second-order valence-electron chi connectivity index (χ2n) is 4.72. The normalized spacial score (nSPS) is 18.5. The van der Waals surface area contributed by atoms with Crippen LogP contribution in [0.5, 0.6) is 0 Å². The lowest BCUT2D eigenvalue weighted by atomic mass is 10.1. The van der Waals surface area contributed by atoms with Crippen LogP contribution < -0.4 is 10.6 Å². The van der Waals surface area contributed by atoms with Gasteiger partial charge in [-0.3, -0.25) is 9.59 Å². The molecule has 1 aromatic heterocycles. The standard InChI is InChI=1S/C14H13N3O3/c15-14(19)10-5-13(18)17(7-10)11-3-1-9(2-4-11)12-6-16-8-20-12/h1-4,6,8,10H,5,7H2,(H2,15,19). The van der Waals surface area contributed by atoms with Gasteiger partial charge in [0.2, 0.25) is 11.8 Å². The van der Waals surface area contributed by atoms with Gasteiger partial charge in [-0.15, -0.1) is 0 Å². The molecule has 2 N–H and O–H groups in total. The second kappa shape index (κ2) is 4.80. The lowest BCUT2D eigenvalue weighted by Crippen LogP contribution is -2.28. The Balaban J connectivity index is 1.82. The van der Waals surface area contributed by atoms with Crippen molar-refractivity contribution in [3.63, 3.8) is 0 Å². The predicted molar refractivity (Wildman–Crippen MR) is 71.6 cm³/mol. The third-order valence-electron chi connectivity index (χ3n) is 3.42. The molecule has 20 heavy (non-hydrogen) atoms. The van der Waals surface area contributed by atoms with Crippen molar-refractivity contribution in [2.75, 3.05) is 11.4 Å². The summed E-state index contributed by atoms with van der Waals surface area (Å²) >= 11 is 0. The SMILES string of the molecule is NC(=O)C1CC(=O)N(c2ccc(-c3cnco3)cc2)C1. The van der Waals surface area contributed by atoms with Crippen molar-refractivity contribution in [2.45, 2.75) is 6.42 Å². The van der Waals surface area contributed by atoms with E-state index < -0.39 is 11.8 Å². The Morgan fingerprint density at radius 2 is 2.10 bits per heavy atom. The zero-order valence-corrected chi connectivity index (χ0v) is 10.7. The fraction of sp³-hybridized carbons (Fsp3) is 0.214. The minimum Gasteiger partial charge on any atom is -0.444 e. The minimum atomic E-state index is -0.431. The Morgan fingerprint density at radius 1 is 1.35 bits per heavy atom. The van der Waals surface area contributed by atoms with Gasteiger partial charge in [-0.2, -0.15) is 0 Å². The third-order valence-corrected chi connectivity index (χ3v) is 3.42. The van der Waals surface area contributed by atoms with Crippen molar-refractivity contribution in [1.82, 2.24) is 4.98 Å². The Labute approximate surface area is 115 Å². The summed E-state index contributed by atoms with van der Waals surface area (Å²) < 4.78 is 5.20. The van der Waals surface area contributed by atoms with Crippen LogP contribution in [0, 0.1) is 5.92 Å². The molecule has 1 aliphatic rings. The first kappa shape index (κ1) is 12.4. The van der Waals surface area contributed by atoms with Gasteiger partial charge in [-0.1, -0.05) is 0 Å². The average molecular weight is 271 g/mol. The molecule has 2 aromatic rings. The summed E-state index contributed by atoms with van der Waals surface area (Å²) in [5, 5.41) is 0. The number of nitrogens with zero attached hydrogens (tertiary/aromatic N) is 2. The van der Waals surface area contributed by atoms with Crippen LogP contribution >= 0.6 is 0 Å². The van der Waals surface area contributed by atoms with Crippen molar-refractivity contribution in [2.24, 2.45) is 11.7 Å². The molecule has 1 unspecified atom stereocenters. The fourth-order valence-electron chi connectivity index (χ4n) is 2.31. The van der Waals surface area contributed by atoms with Crippen LogP contribution in [0.15, 0.2) is 41.3 Å². The number of anilines is 1. The predicted octanol–water partition coefficient (Wildman–Crippen LogP) is 1.18. The van der Waals surface area contributed by atoms with E-state index in [9.17, 15) is 9.59 Å². The second-order valence-corrected chi connectivity index (χ2v) is 4.72. The zero-order chi connectivity index (χ0) is 14.1. The largest absolute Gasteiger partial charge is 0.444 e. The summed E-state index contributed by atoms with van der Waals surface area (Å²) in [4.78, 5) is 28.5. The number of hydrogen-bond donors (Lipinski definition) is 1.